The molecule has 7 heteroatoms. The lowest BCUT2D eigenvalue weighted by atomic mass is 10.2. The number of nitrogens with zero attached hydrogens (tertiary/aromatic N) is 1. The zero-order valence-electron chi connectivity index (χ0n) is 17.8. The number of aryl methyl sites for hydroxylation is 2. The first-order valence-electron chi connectivity index (χ1n) is 9.98. The highest BCUT2D eigenvalue weighted by molar-refractivity contribution is 7.92. The number of sulfonamides is 1. The molecule has 0 unspecified atom stereocenters. The molecule has 162 valence electrons. The highest BCUT2D eigenvalue weighted by Gasteiger charge is 2.23. The fourth-order valence-corrected chi connectivity index (χ4v) is 4.49. The van der Waals surface area contributed by atoms with Crippen LogP contribution in [-0.2, 0) is 14.8 Å². The van der Waals surface area contributed by atoms with Gasteiger partial charge < -0.3 is 10.1 Å². The minimum Gasteiger partial charge on any atom is -0.484 e. The number of benzene rings is 3. The van der Waals surface area contributed by atoms with Crippen molar-refractivity contribution in [2.24, 2.45) is 0 Å². The van der Waals surface area contributed by atoms with Gasteiger partial charge in [-0.25, -0.2) is 8.42 Å². The molecule has 0 radical (unpaired) electrons. The topological polar surface area (TPSA) is 75.7 Å². The van der Waals surface area contributed by atoms with Crippen LogP contribution in [0.2, 0.25) is 0 Å². The Bertz CT molecular complexity index is 1120. The normalized spacial score (nSPS) is 11.1. The van der Waals surface area contributed by atoms with Gasteiger partial charge in [-0.3, -0.25) is 9.10 Å². The lowest BCUT2D eigenvalue weighted by molar-refractivity contribution is -0.118. The number of nitrogens with one attached hydrogen (secondary N) is 1. The van der Waals surface area contributed by atoms with Gasteiger partial charge in [-0.1, -0.05) is 35.4 Å². The van der Waals surface area contributed by atoms with Crippen molar-refractivity contribution in [3.8, 4) is 5.75 Å². The summed E-state index contributed by atoms with van der Waals surface area (Å²) in [5.74, 6) is 0.205. The first-order valence-corrected chi connectivity index (χ1v) is 11.4. The van der Waals surface area contributed by atoms with E-state index in [2.05, 4.69) is 5.32 Å². The quantitative estimate of drug-likeness (QED) is 0.560. The van der Waals surface area contributed by atoms with Crippen molar-refractivity contribution in [2.75, 3.05) is 22.8 Å². The molecule has 0 fully saturated rings. The van der Waals surface area contributed by atoms with Crippen LogP contribution in [0, 0.1) is 13.8 Å². The van der Waals surface area contributed by atoms with E-state index in [-0.39, 0.29) is 24.0 Å². The number of carbonyl (C=O) groups excluding carboxylic acids is 1. The van der Waals surface area contributed by atoms with E-state index >= 15 is 0 Å². The van der Waals surface area contributed by atoms with Crippen molar-refractivity contribution in [1.29, 1.82) is 0 Å². The first kappa shape index (κ1) is 22.4. The second kappa shape index (κ2) is 9.66. The van der Waals surface area contributed by atoms with Gasteiger partial charge in [-0.2, -0.15) is 0 Å². The zero-order chi connectivity index (χ0) is 22.4. The first-order chi connectivity index (χ1) is 14.8. The number of amides is 1. The second-order valence-corrected chi connectivity index (χ2v) is 9.04. The summed E-state index contributed by atoms with van der Waals surface area (Å²) >= 11 is 0. The number of hydrogen-bond donors (Lipinski definition) is 1. The summed E-state index contributed by atoms with van der Waals surface area (Å²) in [5.41, 5.74) is 3.34. The van der Waals surface area contributed by atoms with Crippen LogP contribution in [0.25, 0.3) is 0 Å². The van der Waals surface area contributed by atoms with E-state index in [1.54, 1.807) is 55.5 Å². The fourth-order valence-electron chi connectivity index (χ4n) is 3.02. The molecule has 3 aromatic carbocycles. The van der Waals surface area contributed by atoms with Gasteiger partial charge >= 0.3 is 0 Å². The van der Waals surface area contributed by atoms with E-state index in [1.807, 2.05) is 38.1 Å². The molecule has 0 spiro atoms. The summed E-state index contributed by atoms with van der Waals surface area (Å²) in [6.45, 7) is 5.81. The van der Waals surface area contributed by atoms with Crippen molar-refractivity contribution in [2.45, 2.75) is 25.7 Å². The van der Waals surface area contributed by atoms with Crippen molar-refractivity contribution >= 4 is 27.3 Å². The second-order valence-electron chi connectivity index (χ2n) is 7.18. The summed E-state index contributed by atoms with van der Waals surface area (Å²) in [4.78, 5) is 12.3. The maximum absolute atomic E-state index is 13.0. The molecule has 0 aliphatic rings. The highest BCUT2D eigenvalue weighted by atomic mass is 32.2. The van der Waals surface area contributed by atoms with Gasteiger partial charge in [0.2, 0.25) is 0 Å². The lowest BCUT2D eigenvalue weighted by Crippen LogP contribution is -2.30. The average Bonchev–Trinajstić information content (AvgIpc) is 2.75. The Morgan fingerprint density at radius 1 is 0.871 bits per heavy atom. The molecular formula is C24H26N2O4S. The van der Waals surface area contributed by atoms with Gasteiger partial charge in [0, 0.05) is 12.2 Å². The van der Waals surface area contributed by atoms with E-state index in [9.17, 15) is 13.2 Å². The SMILES string of the molecule is CCN(c1ccc(OCC(=O)Nc2ccc(C)cc2)cc1)S(=O)(=O)c1ccc(C)cc1. The van der Waals surface area contributed by atoms with Gasteiger partial charge in [0.25, 0.3) is 15.9 Å². The fraction of sp³-hybridized carbons (Fsp3) is 0.208. The minimum atomic E-state index is -3.67. The molecule has 6 nitrogen and oxygen atoms in total. The van der Waals surface area contributed by atoms with Crippen molar-refractivity contribution in [3.63, 3.8) is 0 Å². The van der Waals surface area contributed by atoms with E-state index in [0.717, 1.165) is 11.1 Å². The predicted octanol–water partition coefficient (Wildman–Crippen LogP) is 4.54. The summed E-state index contributed by atoms with van der Waals surface area (Å²) < 4.78 is 32.9. The summed E-state index contributed by atoms with van der Waals surface area (Å²) in [5, 5.41) is 2.77. The maximum Gasteiger partial charge on any atom is 0.264 e. The third-order valence-electron chi connectivity index (χ3n) is 4.73. The van der Waals surface area contributed by atoms with Crippen LogP contribution in [0.3, 0.4) is 0 Å². The van der Waals surface area contributed by atoms with Gasteiger partial charge in [0.1, 0.15) is 5.75 Å². The maximum atomic E-state index is 13.0. The van der Waals surface area contributed by atoms with E-state index in [1.165, 1.54) is 4.31 Å². The molecule has 0 aliphatic carbocycles. The Kier molecular flexibility index (Phi) is 6.97. The van der Waals surface area contributed by atoms with E-state index in [4.69, 9.17) is 4.74 Å². The molecule has 0 aromatic heterocycles. The van der Waals surface area contributed by atoms with Crippen LogP contribution in [0.15, 0.2) is 77.7 Å². The van der Waals surface area contributed by atoms with Crippen LogP contribution in [0.1, 0.15) is 18.1 Å². The van der Waals surface area contributed by atoms with Crippen LogP contribution in [0.4, 0.5) is 11.4 Å². The Morgan fingerprint density at radius 3 is 1.97 bits per heavy atom. The van der Waals surface area contributed by atoms with Gasteiger partial charge in [0.05, 0.1) is 10.6 Å². The Labute approximate surface area is 183 Å². The lowest BCUT2D eigenvalue weighted by Gasteiger charge is -2.23. The predicted molar refractivity (Wildman–Crippen MR) is 123 cm³/mol. The number of anilines is 2. The van der Waals surface area contributed by atoms with Crippen LogP contribution in [0.5, 0.6) is 5.75 Å². The molecule has 0 bridgehead atoms. The zero-order valence-corrected chi connectivity index (χ0v) is 18.6. The summed E-state index contributed by atoms with van der Waals surface area (Å²) in [7, 11) is -3.67. The molecule has 3 rings (SSSR count). The van der Waals surface area contributed by atoms with Crippen LogP contribution in [-0.4, -0.2) is 27.5 Å². The van der Waals surface area contributed by atoms with Gasteiger partial charge in [-0.05, 0) is 69.3 Å². The molecule has 0 aliphatic heterocycles. The molecule has 1 N–H and O–H groups in total. The molecule has 0 heterocycles. The smallest absolute Gasteiger partial charge is 0.264 e. The molecule has 1 amide bonds. The molecule has 0 saturated carbocycles. The number of rotatable bonds is 8. The van der Waals surface area contributed by atoms with Crippen molar-refractivity contribution < 1.29 is 17.9 Å². The summed E-state index contributed by atoms with van der Waals surface area (Å²) in [6.07, 6.45) is 0. The van der Waals surface area contributed by atoms with Crippen molar-refractivity contribution in [3.05, 3.63) is 83.9 Å². The standard InChI is InChI=1S/C24H26N2O4S/c1-4-26(31(28,29)23-15-7-19(3)8-16-23)21-11-13-22(14-12-21)30-17-24(27)25-20-9-5-18(2)6-10-20/h5-16H,4,17H2,1-3H3,(H,25,27). The minimum absolute atomic E-state index is 0.146. The third kappa shape index (κ3) is 5.64. The molecule has 3 aromatic rings. The number of ether oxygens (including phenoxy) is 1. The Morgan fingerprint density at radius 2 is 1.42 bits per heavy atom. The number of carbonyl (C=O) groups is 1. The molecule has 0 atom stereocenters. The van der Waals surface area contributed by atoms with Crippen LogP contribution < -0.4 is 14.4 Å². The third-order valence-corrected chi connectivity index (χ3v) is 6.64. The van der Waals surface area contributed by atoms with Gasteiger partial charge in [-0.15, -0.1) is 0 Å². The average molecular weight is 439 g/mol. The molecule has 0 saturated heterocycles. The van der Waals surface area contributed by atoms with Gasteiger partial charge in [0.15, 0.2) is 6.61 Å². The number of hydrogen-bond acceptors (Lipinski definition) is 4. The Hall–Kier alpha value is -3.32. The monoisotopic (exact) mass is 438 g/mol. The summed E-state index contributed by atoms with van der Waals surface area (Å²) in [6, 6.07) is 20.9. The Balaban J connectivity index is 1.64. The van der Waals surface area contributed by atoms with E-state index < -0.39 is 10.0 Å². The van der Waals surface area contributed by atoms with E-state index in [0.29, 0.717) is 17.1 Å². The molecule has 31 heavy (non-hydrogen) atoms. The van der Waals surface area contributed by atoms with Crippen molar-refractivity contribution in [1.82, 2.24) is 0 Å². The molecular weight excluding hydrogens is 412 g/mol. The largest absolute Gasteiger partial charge is 0.484 e. The highest BCUT2D eigenvalue weighted by Crippen LogP contribution is 2.26. The van der Waals surface area contributed by atoms with Crippen LogP contribution >= 0.6 is 0 Å².